The minimum atomic E-state index is 0.174. The molecule has 0 aliphatic heterocycles. The largest absolute Gasteiger partial charge is 0.399 e. The van der Waals surface area contributed by atoms with Crippen molar-refractivity contribution < 1.29 is 5.11 Å². The lowest BCUT2D eigenvalue weighted by Crippen LogP contribution is -2.11. The first-order valence-electron chi connectivity index (χ1n) is 5.68. The number of nitrogens with two attached hydrogens (primary N) is 1. The van der Waals surface area contributed by atoms with Crippen LogP contribution in [0.25, 0.3) is 11.1 Å². The molecule has 1 atom stereocenters. The second kappa shape index (κ2) is 5.01. The second-order valence-electron chi connectivity index (χ2n) is 4.36. The number of aromatic nitrogens is 2. The molecule has 0 saturated carbocycles. The van der Waals surface area contributed by atoms with Crippen molar-refractivity contribution in [3.05, 3.63) is 36.7 Å². The number of hydrogen-bond donors (Lipinski definition) is 2. The molecule has 0 spiro atoms. The molecule has 1 aromatic heterocycles. The van der Waals surface area contributed by atoms with Gasteiger partial charge in [0.1, 0.15) is 0 Å². The van der Waals surface area contributed by atoms with Crippen LogP contribution in [-0.4, -0.2) is 21.5 Å². The maximum atomic E-state index is 9.00. The second-order valence-corrected chi connectivity index (χ2v) is 4.36. The summed E-state index contributed by atoms with van der Waals surface area (Å²) in [5.74, 6) is 0.212. The Morgan fingerprint density at radius 1 is 1.41 bits per heavy atom. The molecule has 0 bridgehead atoms. The molecular weight excluding hydrogens is 214 g/mol. The van der Waals surface area contributed by atoms with Crippen LogP contribution in [0.1, 0.15) is 6.92 Å². The molecule has 17 heavy (non-hydrogen) atoms. The van der Waals surface area contributed by atoms with Crippen molar-refractivity contribution in [1.29, 1.82) is 0 Å². The summed E-state index contributed by atoms with van der Waals surface area (Å²) in [5, 5.41) is 13.3. The number of nitrogens with zero attached hydrogens (tertiary/aromatic N) is 2. The molecule has 0 aliphatic carbocycles. The monoisotopic (exact) mass is 231 g/mol. The van der Waals surface area contributed by atoms with E-state index in [2.05, 4.69) is 5.10 Å². The van der Waals surface area contributed by atoms with Gasteiger partial charge in [-0.2, -0.15) is 5.10 Å². The zero-order valence-corrected chi connectivity index (χ0v) is 9.87. The highest BCUT2D eigenvalue weighted by molar-refractivity contribution is 5.65. The van der Waals surface area contributed by atoms with E-state index in [1.807, 2.05) is 48.3 Å². The SMILES string of the molecule is CC(CO)Cn1cc(-c2cccc(N)c2)cn1. The molecule has 0 amide bonds. The fraction of sp³-hybridized carbons (Fsp3) is 0.308. The van der Waals surface area contributed by atoms with E-state index >= 15 is 0 Å². The van der Waals surface area contributed by atoms with Crippen LogP contribution in [0.4, 0.5) is 5.69 Å². The summed E-state index contributed by atoms with van der Waals surface area (Å²) in [5.41, 5.74) is 8.60. The van der Waals surface area contributed by atoms with Crippen molar-refractivity contribution in [1.82, 2.24) is 9.78 Å². The minimum Gasteiger partial charge on any atom is -0.399 e. The third-order valence-electron chi connectivity index (χ3n) is 2.66. The molecule has 0 saturated heterocycles. The summed E-state index contributed by atoms with van der Waals surface area (Å²) >= 11 is 0. The molecule has 2 aromatic rings. The van der Waals surface area contributed by atoms with Gasteiger partial charge in [0.15, 0.2) is 0 Å². The number of benzene rings is 1. The summed E-state index contributed by atoms with van der Waals surface area (Å²) in [6.45, 7) is 2.88. The van der Waals surface area contributed by atoms with Gasteiger partial charge in [0, 0.05) is 30.6 Å². The Balaban J connectivity index is 2.18. The zero-order valence-electron chi connectivity index (χ0n) is 9.87. The average molecular weight is 231 g/mol. The predicted molar refractivity (Wildman–Crippen MR) is 68.3 cm³/mol. The maximum Gasteiger partial charge on any atom is 0.0568 e. The lowest BCUT2D eigenvalue weighted by Gasteiger charge is -2.06. The number of nitrogen functional groups attached to an aromatic ring is 1. The van der Waals surface area contributed by atoms with Gasteiger partial charge in [-0.1, -0.05) is 19.1 Å². The summed E-state index contributed by atoms with van der Waals surface area (Å²) in [6.07, 6.45) is 3.79. The molecule has 4 heteroatoms. The van der Waals surface area contributed by atoms with Gasteiger partial charge < -0.3 is 10.8 Å². The Hall–Kier alpha value is -1.81. The quantitative estimate of drug-likeness (QED) is 0.788. The van der Waals surface area contributed by atoms with E-state index in [0.29, 0.717) is 0 Å². The van der Waals surface area contributed by atoms with E-state index in [9.17, 15) is 0 Å². The van der Waals surface area contributed by atoms with Crippen LogP contribution in [0.3, 0.4) is 0 Å². The van der Waals surface area contributed by atoms with Gasteiger partial charge in [0.25, 0.3) is 0 Å². The summed E-state index contributed by atoms with van der Waals surface area (Å²) < 4.78 is 1.85. The third-order valence-corrected chi connectivity index (χ3v) is 2.66. The van der Waals surface area contributed by atoms with E-state index in [1.54, 1.807) is 0 Å². The number of hydrogen-bond acceptors (Lipinski definition) is 3. The Morgan fingerprint density at radius 2 is 2.24 bits per heavy atom. The molecule has 1 unspecified atom stereocenters. The molecule has 0 fully saturated rings. The Bertz CT molecular complexity index is 493. The fourth-order valence-corrected chi connectivity index (χ4v) is 1.71. The summed E-state index contributed by atoms with van der Waals surface area (Å²) in [7, 11) is 0. The van der Waals surface area contributed by atoms with Gasteiger partial charge in [-0.15, -0.1) is 0 Å². The van der Waals surface area contributed by atoms with Crippen LogP contribution in [0, 0.1) is 5.92 Å². The molecule has 90 valence electrons. The molecule has 3 N–H and O–H groups in total. The summed E-state index contributed by atoms with van der Waals surface area (Å²) in [6, 6.07) is 7.73. The van der Waals surface area contributed by atoms with Crippen molar-refractivity contribution in [3.63, 3.8) is 0 Å². The highest BCUT2D eigenvalue weighted by atomic mass is 16.3. The van der Waals surface area contributed by atoms with Crippen LogP contribution in [0.5, 0.6) is 0 Å². The molecule has 2 rings (SSSR count). The van der Waals surface area contributed by atoms with Crippen LogP contribution in [-0.2, 0) is 6.54 Å². The molecule has 1 heterocycles. The van der Waals surface area contributed by atoms with Gasteiger partial charge in [-0.25, -0.2) is 0 Å². The molecule has 0 radical (unpaired) electrons. The van der Waals surface area contributed by atoms with E-state index in [-0.39, 0.29) is 12.5 Å². The zero-order chi connectivity index (χ0) is 12.3. The topological polar surface area (TPSA) is 64.1 Å². The van der Waals surface area contributed by atoms with E-state index in [1.165, 1.54) is 0 Å². The fourth-order valence-electron chi connectivity index (χ4n) is 1.71. The van der Waals surface area contributed by atoms with E-state index < -0.39 is 0 Å². The first-order valence-corrected chi connectivity index (χ1v) is 5.68. The highest BCUT2D eigenvalue weighted by Gasteiger charge is 2.05. The summed E-state index contributed by atoms with van der Waals surface area (Å²) in [4.78, 5) is 0. The first kappa shape index (κ1) is 11.7. The Labute approximate surface area is 101 Å². The molecular formula is C13H17N3O. The maximum absolute atomic E-state index is 9.00. The number of aliphatic hydroxyl groups is 1. The van der Waals surface area contributed by atoms with Crippen molar-refractivity contribution in [2.45, 2.75) is 13.5 Å². The van der Waals surface area contributed by atoms with Gasteiger partial charge in [-0.3, -0.25) is 4.68 Å². The van der Waals surface area contributed by atoms with Crippen molar-refractivity contribution >= 4 is 5.69 Å². The smallest absolute Gasteiger partial charge is 0.0568 e. The molecule has 4 nitrogen and oxygen atoms in total. The van der Waals surface area contributed by atoms with E-state index in [4.69, 9.17) is 10.8 Å². The predicted octanol–water partition coefficient (Wildman–Crippen LogP) is 1.76. The average Bonchev–Trinajstić information content (AvgIpc) is 2.77. The van der Waals surface area contributed by atoms with Crippen molar-refractivity contribution in [2.75, 3.05) is 12.3 Å². The Kier molecular flexibility index (Phi) is 3.44. The minimum absolute atomic E-state index is 0.174. The molecule has 1 aromatic carbocycles. The lowest BCUT2D eigenvalue weighted by molar-refractivity contribution is 0.219. The highest BCUT2D eigenvalue weighted by Crippen LogP contribution is 2.20. The van der Waals surface area contributed by atoms with Gasteiger partial charge in [0.2, 0.25) is 0 Å². The number of aliphatic hydroxyl groups excluding tert-OH is 1. The Morgan fingerprint density at radius 3 is 2.94 bits per heavy atom. The van der Waals surface area contributed by atoms with E-state index in [0.717, 1.165) is 23.4 Å². The van der Waals surface area contributed by atoms with Crippen LogP contribution in [0.2, 0.25) is 0 Å². The normalized spacial score (nSPS) is 12.6. The first-order chi connectivity index (χ1) is 8.19. The van der Waals surface area contributed by atoms with Crippen LogP contribution in [0.15, 0.2) is 36.7 Å². The number of anilines is 1. The van der Waals surface area contributed by atoms with Gasteiger partial charge >= 0.3 is 0 Å². The third kappa shape index (κ3) is 2.85. The standard InChI is InChI=1S/C13H17N3O/c1-10(9-17)7-16-8-12(6-15-16)11-3-2-4-13(14)5-11/h2-6,8,10,17H,7,9,14H2,1H3. The van der Waals surface area contributed by atoms with Gasteiger partial charge in [-0.05, 0) is 23.6 Å². The van der Waals surface area contributed by atoms with Crippen LogP contribution >= 0.6 is 0 Å². The molecule has 0 aliphatic rings. The van der Waals surface area contributed by atoms with Crippen LogP contribution < -0.4 is 5.73 Å². The van der Waals surface area contributed by atoms with Gasteiger partial charge in [0.05, 0.1) is 6.20 Å². The lowest BCUT2D eigenvalue weighted by atomic mass is 10.1. The van der Waals surface area contributed by atoms with Crippen molar-refractivity contribution in [2.24, 2.45) is 5.92 Å². The number of rotatable bonds is 4. The van der Waals surface area contributed by atoms with Crippen molar-refractivity contribution in [3.8, 4) is 11.1 Å².